The monoisotopic (exact) mass is 368 g/mol. The molecule has 0 saturated heterocycles. The summed E-state index contributed by atoms with van der Waals surface area (Å²) in [5.74, 6) is -0.480. The van der Waals surface area contributed by atoms with Crippen molar-refractivity contribution in [2.75, 3.05) is 37.0 Å². The number of para-hydroxylation sites is 2. The van der Waals surface area contributed by atoms with Crippen LogP contribution in [0.5, 0.6) is 0 Å². The number of carbonyl (C=O) groups is 2. The second-order valence-electron chi connectivity index (χ2n) is 5.63. The van der Waals surface area contributed by atoms with E-state index in [1.807, 2.05) is 36.6 Å². The molecule has 0 aromatic heterocycles. The number of likely N-dealkylation sites (N-methyl/N-ethyl adjacent to an activating group) is 1. The zero-order valence-electron chi connectivity index (χ0n) is 14.7. The molecule has 26 heavy (non-hydrogen) atoms. The van der Waals surface area contributed by atoms with Gasteiger partial charge in [0.2, 0.25) is 11.8 Å². The summed E-state index contributed by atoms with van der Waals surface area (Å²) in [4.78, 5) is 26.9. The Hall–Kier alpha value is -2.82. The van der Waals surface area contributed by atoms with Gasteiger partial charge in [-0.05, 0) is 37.6 Å². The van der Waals surface area contributed by atoms with Crippen LogP contribution in [-0.4, -0.2) is 43.1 Å². The van der Waals surface area contributed by atoms with Crippen molar-refractivity contribution in [1.82, 2.24) is 4.90 Å². The first-order valence-electron chi connectivity index (χ1n) is 7.94. The largest absolute Gasteiger partial charge is 0.324 e. The normalized spacial score (nSPS) is 10.2. The van der Waals surface area contributed by atoms with Crippen LogP contribution in [-0.2, 0) is 9.59 Å². The summed E-state index contributed by atoms with van der Waals surface area (Å²) in [5.41, 5.74) is 1.62. The van der Waals surface area contributed by atoms with E-state index in [-0.39, 0.29) is 24.9 Å². The molecule has 2 rings (SSSR count). The van der Waals surface area contributed by atoms with Gasteiger partial charge >= 0.3 is 0 Å². The maximum atomic E-state index is 12.2. The molecular formula is C19H20N4O2S. The Morgan fingerprint density at radius 1 is 1.00 bits per heavy atom. The molecule has 0 saturated carbocycles. The van der Waals surface area contributed by atoms with E-state index in [4.69, 9.17) is 5.26 Å². The lowest BCUT2D eigenvalue weighted by atomic mass is 10.2. The van der Waals surface area contributed by atoms with E-state index in [1.165, 1.54) is 0 Å². The summed E-state index contributed by atoms with van der Waals surface area (Å²) in [6.45, 7) is 0.118. The van der Waals surface area contributed by atoms with Gasteiger partial charge in [-0.3, -0.25) is 14.5 Å². The van der Waals surface area contributed by atoms with E-state index < -0.39 is 0 Å². The third kappa shape index (κ3) is 5.62. The average Bonchev–Trinajstić information content (AvgIpc) is 2.62. The van der Waals surface area contributed by atoms with Crippen LogP contribution in [0.2, 0.25) is 0 Å². The highest BCUT2D eigenvalue weighted by atomic mass is 32.2. The van der Waals surface area contributed by atoms with Crippen molar-refractivity contribution in [3.8, 4) is 6.07 Å². The predicted octanol–water partition coefficient (Wildman–Crippen LogP) is 2.79. The minimum Gasteiger partial charge on any atom is -0.324 e. The van der Waals surface area contributed by atoms with Crippen molar-refractivity contribution in [3.05, 3.63) is 54.1 Å². The molecule has 2 aromatic carbocycles. The third-order valence-corrected chi connectivity index (χ3v) is 4.33. The summed E-state index contributed by atoms with van der Waals surface area (Å²) in [7, 11) is 1.69. The van der Waals surface area contributed by atoms with Gasteiger partial charge in [0, 0.05) is 4.90 Å². The fraction of sp³-hybridized carbons (Fsp3) is 0.211. The predicted molar refractivity (Wildman–Crippen MR) is 104 cm³/mol. The molecule has 0 radical (unpaired) electrons. The number of carbonyl (C=O) groups excluding carboxylic acids is 2. The van der Waals surface area contributed by atoms with E-state index >= 15 is 0 Å². The minimum absolute atomic E-state index is 0.0390. The molecule has 0 bridgehead atoms. The highest BCUT2D eigenvalue weighted by molar-refractivity contribution is 7.98. The van der Waals surface area contributed by atoms with Gasteiger partial charge in [-0.1, -0.05) is 24.3 Å². The maximum Gasteiger partial charge on any atom is 0.238 e. The van der Waals surface area contributed by atoms with Gasteiger partial charge in [0.05, 0.1) is 30.0 Å². The molecule has 7 heteroatoms. The topological polar surface area (TPSA) is 85.2 Å². The Kier molecular flexibility index (Phi) is 7.21. The molecule has 2 amide bonds. The first-order chi connectivity index (χ1) is 12.5. The Labute approximate surface area is 157 Å². The van der Waals surface area contributed by atoms with Crippen molar-refractivity contribution in [2.45, 2.75) is 4.90 Å². The van der Waals surface area contributed by atoms with Gasteiger partial charge in [0.1, 0.15) is 6.07 Å². The van der Waals surface area contributed by atoms with Gasteiger partial charge in [0.25, 0.3) is 0 Å². The number of nitriles is 1. The quantitative estimate of drug-likeness (QED) is 0.734. The van der Waals surface area contributed by atoms with Crippen LogP contribution < -0.4 is 10.6 Å². The molecule has 6 nitrogen and oxygen atoms in total. The number of hydrogen-bond acceptors (Lipinski definition) is 5. The molecular weight excluding hydrogens is 348 g/mol. The fourth-order valence-corrected chi connectivity index (χ4v) is 2.92. The summed E-state index contributed by atoms with van der Waals surface area (Å²) in [5, 5.41) is 14.6. The maximum absolute atomic E-state index is 12.2. The zero-order valence-corrected chi connectivity index (χ0v) is 15.5. The van der Waals surface area contributed by atoms with E-state index in [0.29, 0.717) is 11.3 Å². The number of amides is 2. The Morgan fingerprint density at radius 3 is 2.15 bits per heavy atom. The number of thioether (sulfide) groups is 1. The molecule has 0 fully saturated rings. The Morgan fingerprint density at radius 2 is 1.54 bits per heavy atom. The van der Waals surface area contributed by atoms with E-state index in [2.05, 4.69) is 10.6 Å². The second kappa shape index (κ2) is 9.61. The van der Waals surface area contributed by atoms with E-state index in [1.54, 1.807) is 48.0 Å². The summed E-state index contributed by atoms with van der Waals surface area (Å²) in [6, 6.07) is 16.4. The number of nitrogens with zero attached hydrogens (tertiary/aromatic N) is 2. The van der Waals surface area contributed by atoms with Gasteiger partial charge < -0.3 is 10.6 Å². The van der Waals surface area contributed by atoms with Gasteiger partial charge in [-0.2, -0.15) is 5.26 Å². The third-order valence-electron chi connectivity index (χ3n) is 3.53. The van der Waals surface area contributed by atoms with Crippen LogP contribution in [0.3, 0.4) is 0 Å². The van der Waals surface area contributed by atoms with Crippen LogP contribution in [0.1, 0.15) is 5.56 Å². The van der Waals surface area contributed by atoms with Crippen LogP contribution in [0.25, 0.3) is 0 Å². The van der Waals surface area contributed by atoms with Gasteiger partial charge in [0.15, 0.2) is 0 Å². The highest BCUT2D eigenvalue weighted by Gasteiger charge is 2.13. The number of rotatable bonds is 7. The van der Waals surface area contributed by atoms with Crippen LogP contribution >= 0.6 is 11.8 Å². The van der Waals surface area contributed by atoms with Crippen molar-refractivity contribution >= 4 is 35.0 Å². The minimum atomic E-state index is -0.285. The van der Waals surface area contributed by atoms with Crippen molar-refractivity contribution in [2.24, 2.45) is 0 Å². The average molecular weight is 368 g/mol. The Bertz CT molecular complexity index is 832. The molecule has 134 valence electrons. The van der Waals surface area contributed by atoms with E-state index in [9.17, 15) is 9.59 Å². The lowest BCUT2D eigenvalue weighted by Gasteiger charge is -2.17. The van der Waals surface area contributed by atoms with Crippen molar-refractivity contribution < 1.29 is 9.59 Å². The number of hydrogen-bond donors (Lipinski definition) is 2. The summed E-state index contributed by atoms with van der Waals surface area (Å²) < 4.78 is 0. The van der Waals surface area contributed by atoms with Crippen molar-refractivity contribution in [1.29, 1.82) is 5.26 Å². The lowest BCUT2D eigenvalue weighted by Crippen LogP contribution is -2.36. The number of anilines is 2. The fourth-order valence-electron chi connectivity index (χ4n) is 2.36. The van der Waals surface area contributed by atoms with E-state index in [0.717, 1.165) is 10.6 Å². The van der Waals surface area contributed by atoms with Crippen molar-refractivity contribution in [3.63, 3.8) is 0 Å². The molecule has 2 aromatic rings. The molecule has 0 aliphatic carbocycles. The molecule has 0 heterocycles. The summed E-state index contributed by atoms with van der Waals surface area (Å²) in [6.07, 6.45) is 1.94. The first kappa shape index (κ1) is 19.5. The molecule has 0 spiro atoms. The molecule has 0 aliphatic rings. The molecule has 2 N–H and O–H groups in total. The standard InChI is InChI=1S/C19H20N4O2S/c1-23(12-18(24)21-15-8-4-3-7-14(15)11-20)13-19(25)22-16-9-5-6-10-17(16)26-2/h3-10H,12-13H2,1-2H3,(H,21,24)(H,22,25). The summed E-state index contributed by atoms with van der Waals surface area (Å²) >= 11 is 1.55. The van der Waals surface area contributed by atoms with Crippen LogP contribution in [0.15, 0.2) is 53.4 Å². The molecule has 0 atom stereocenters. The molecule has 0 unspecified atom stereocenters. The Balaban J connectivity index is 1.87. The van der Waals surface area contributed by atoms with Gasteiger partial charge in [-0.15, -0.1) is 11.8 Å². The molecule has 0 aliphatic heterocycles. The van der Waals surface area contributed by atoms with Gasteiger partial charge in [-0.25, -0.2) is 0 Å². The first-order valence-corrected chi connectivity index (χ1v) is 9.16. The number of benzene rings is 2. The SMILES string of the molecule is CSc1ccccc1NC(=O)CN(C)CC(=O)Nc1ccccc1C#N. The smallest absolute Gasteiger partial charge is 0.238 e. The zero-order chi connectivity index (χ0) is 18.9. The van der Waals surface area contributed by atoms with Crippen LogP contribution in [0.4, 0.5) is 11.4 Å². The second-order valence-corrected chi connectivity index (χ2v) is 6.47. The lowest BCUT2D eigenvalue weighted by molar-refractivity contribution is -0.119. The highest BCUT2D eigenvalue weighted by Crippen LogP contribution is 2.24. The van der Waals surface area contributed by atoms with Crippen LogP contribution in [0, 0.1) is 11.3 Å². The number of nitrogens with one attached hydrogen (secondary N) is 2.